The summed E-state index contributed by atoms with van der Waals surface area (Å²) in [5.74, 6) is 0.749. The van der Waals surface area contributed by atoms with Crippen molar-refractivity contribution in [1.82, 2.24) is 9.97 Å². The van der Waals surface area contributed by atoms with Gasteiger partial charge in [-0.15, -0.1) is 0 Å². The number of benzene rings is 2. The van der Waals surface area contributed by atoms with E-state index in [4.69, 9.17) is 27.9 Å². The van der Waals surface area contributed by atoms with Crippen LogP contribution < -0.4 is 4.74 Å². The molecule has 4 rings (SSSR count). The molecule has 1 N–H and O–H groups in total. The van der Waals surface area contributed by atoms with Crippen LogP contribution in [-0.4, -0.2) is 15.9 Å². The van der Waals surface area contributed by atoms with Crippen LogP contribution in [-0.2, 0) is 4.79 Å². The van der Waals surface area contributed by atoms with Gasteiger partial charge in [0.15, 0.2) is 0 Å². The Labute approximate surface area is 167 Å². The zero-order valence-electron chi connectivity index (χ0n) is 14.9. The molecule has 0 bridgehead atoms. The van der Waals surface area contributed by atoms with Gasteiger partial charge in [0, 0.05) is 5.56 Å². The van der Waals surface area contributed by atoms with E-state index in [2.05, 4.69) is 9.97 Å². The maximum atomic E-state index is 12.5. The van der Waals surface area contributed by atoms with Crippen LogP contribution in [0.5, 0.6) is 5.75 Å². The molecule has 2 aromatic carbocycles. The van der Waals surface area contributed by atoms with Gasteiger partial charge in [0.25, 0.3) is 0 Å². The molecule has 1 aliphatic carbocycles. The zero-order chi connectivity index (χ0) is 19.2. The standard InChI is InChI=1S/C21H18Cl2N2O2/c1-21(2)14(11-17(22)23)18(21)20(26)27-13-9-7-12(8-10-13)19-24-15-5-3-4-6-16(15)25-19/h3-11,14,18H,1-2H3,(H,24,25). The summed E-state index contributed by atoms with van der Waals surface area (Å²) < 4.78 is 5.73. The van der Waals surface area contributed by atoms with Crippen molar-refractivity contribution >= 4 is 40.2 Å². The van der Waals surface area contributed by atoms with Crippen LogP contribution in [0.25, 0.3) is 22.4 Å². The summed E-state index contributed by atoms with van der Waals surface area (Å²) in [5, 5.41) is 0. The van der Waals surface area contributed by atoms with Gasteiger partial charge in [-0.25, -0.2) is 4.98 Å². The number of rotatable bonds is 4. The number of para-hydroxylation sites is 2. The number of nitrogens with one attached hydrogen (secondary N) is 1. The van der Waals surface area contributed by atoms with E-state index < -0.39 is 0 Å². The molecule has 138 valence electrons. The first-order valence-corrected chi connectivity index (χ1v) is 9.41. The summed E-state index contributed by atoms with van der Waals surface area (Å²) >= 11 is 11.5. The minimum Gasteiger partial charge on any atom is -0.426 e. The molecular formula is C21H18Cl2N2O2. The Morgan fingerprint density at radius 3 is 2.52 bits per heavy atom. The van der Waals surface area contributed by atoms with E-state index in [-0.39, 0.29) is 27.7 Å². The van der Waals surface area contributed by atoms with Crippen LogP contribution in [0, 0.1) is 17.3 Å². The van der Waals surface area contributed by atoms with Crippen LogP contribution in [0.4, 0.5) is 0 Å². The highest BCUT2D eigenvalue weighted by molar-refractivity contribution is 6.55. The molecule has 1 fully saturated rings. The van der Waals surface area contributed by atoms with Gasteiger partial charge in [-0.05, 0) is 53.8 Å². The van der Waals surface area contributed by atoms with Gasteiger partial charge in [0.05, 0.1) is 17.0 Å². The number of fused-ring (bicyclic) bond motifs is 1. The van der Waals surface area contributed by atoms with Gasteiger partial charge in [0.2, 0.25) is 0 Å². The largest absolute Gasteiger partial charge is 0.426 e. The van der Waals surface area contributed by atoms with Crippen molar-refractivity contribution in [3.63, 3.8) is 0 Å². The SMILES string of the molecule is CC1(C)C(C=C(Cl)Cl)C1C(=O)Oc1ccc(-c2nc3ccccc3[nH]2)cc1. The smallest absolute Gasteiger partial charge is 0.315 e. The van der Waals surface area contributed by atoms with E-state index in [0.717, 1.165) is 22.4 Å². The van der Waals surface area contributed by atoms with Crippen molar-refractivity contribution in [1.29, 1.82) is 0 Å². The third kappa shape index (κ3) is 3.47. The summed E-state index contributed by atoms with van der Waals surface area (Å²) in [6.45, 7) is 4.00. The van der Waals surface area contributed by atoms with Crippen molar-refractivity contribution in [2.75, 3.05) is 0 Å². The van der Waals surface area contributed by atoms with E-state index in [9.17, 15) is 4.79 Å². The van der Waals surface area contributed by atoms with Gasteiger partial charge in [-0.3, -0.25) is 4.79 Å². The fourth-order valence-electron chi connectivity index (χ4n) is 3.52. The van der Waals surface area contributed by atoms with Crippen LogP contribution >= 0.6 is 23.2 Å². The summed E-state index contributed by atoms with van der Waals surface area (Å²) in [5.41, 5.74) is 2.61. The van der Waals surface area contributed by atoms with Crippen LogP contribution in [0.2, 0.25) is 0 Å². The summed E-state index contributed by atoms with van der Waals surface area (Å²) in [4.78, 5) is 20.4. The number of carbonyl (C=O) groups is 1. The number of nitrogens with zero attached hydrogens (tertiary/aromatic N) is 1. The highest BCUT2D eigenvalue weighted by atomic mass is 35.5. The molecule has 0 spiro atoms. The lowest BCUT2D eigenvalue weighted by atomic mass is 10.1. The highest BCUT2D eigenvalue weighted by Crippen LogP contribution is 2.60. The second kappa shape index (κ2) is 6.70. The third-order valence-corrected chi connectivity index (χ3v) is 5.46. The number of hydrogen-bond acceptors (Lipinski definition) is 3. The maximum Gasteiger partial charge on any atom is 0.315 e. The quantitative estimate of drug-likeness (QED) is 0.449. The van der Waals surface area contributed by atoms with Gasteiger partial charge >= 0.3 is 5.97 Å². The summed E-state index contributed by atoms with van der Waals surface area (Å²) in [6, 6.07) is 15.2. The van der Waals surface area contributed by atoms with E-state index in [1.165, 1.54) is 0 Å². The number of imidazole rings is 1. The van der Waals surface area contributed by atoms with Crippen molar-refractivity contribution in [3.8, 4) is 17.1 Å². The molecule has 6 heteroatoms. The fourth-order valence-corrected chi connectivity index (χ4v) is 3.80. The van der Waals surface area contributed by atoms with Crippen molar-refractivity contribution in [2.45, 2.75) is 13.8 Å². The molecule has 3 aromatic rings. The van der Waals surface area contributed by atoms with E-state index in [1.807, 2.05) is 50.2 Å². The molecule has 4 nitrogen and oxygen atoms in total. The summed E-state index contributed by atoms with van der Waals surface area (Å²) in [7, 11) is 0. The minimum absolute atomic E-state index is 0.00942. The number of esters is 1. The highest BCUT2D eigenvalue weighted by Gasteiger charge is 2.61. The number of aromatic amines is 1. The molecular weight excluding hydrogens is 383 g/mol. The monoisotopic (exact) mass is 400 g/mol. The van der Waals surface area contributed by atoms with Crippen LogP contribution in [0.1, 0.15) is 13.8 Å². The number of allylic oxidation sites excluding steroid dienone is 1. The van der Waals surface area contributed by atoms with Gasteiger partial charge < -0.3 is 9.72 Å². The second-order valence-electron chi connectivity index (χ2n) is 7.33. The van der Waals surface area contributed by atoms with Crippen molar-refractivity contribution < 1.29 is 9.53 Å². The van der Waals surface area contributed by atoms with Gasteiger partial charge in [-0.2, -0.15) is 0 Å². The Morgan fingerprint density at radius 1 is 1.15 bits per heavy atom. The van der Waals surface area contributed by atoms with E-state index in [0.29, 0.717) is 5.75 Å². The number of carbonyl (C=O) groups excluding carboxylic acids is 1. The number of ether oxygens (including phenoxy) is 1. The predicted octanol–water partition coefficient (Wildman–Crippen LogP) is 5.73. The molecule has 0 aliphatic heterocycles. The first-order chi connectivity index (χ1) is 12.9. The Hall–Kier alpha value is -2.30. The number of aromatic nitrogens is 2. The lowest BCUT2D eigenvalue weighted by Crippen LogP contribution is -2.13. The molecule has 1 aromatic heterocycles. The second-order valence-corrected chi connectivity index (χ2v) is 8.34. The molecule has 2 atom stereocenters. The summed E-state index contributed by atoms with van der Waals surface area (Å²) in [6.07, 6.45) is 1.71. The number of halogens is 2. The van der Waals surface area contributed by atoms with Crippen molar-refractivity contribution in [3.05, 3.63) is 59.1 Å². The Bertz CT molecular complexity index is 1000. The van der Waals surface area contributed by atoms with Gasteiger partial charge in [-0.1, -0.05) is 49.2 Å². The molecule has 1 aliphatic rings. The Balaban J connectivity index is 1.48. The average Bonchev–Trinajstić information content (AvgIpc) is 2.97. The predicted molar refractivity (Wildman–Crippen MR) is 108 cm³/mol. The minimum atomic E-state index is -0.271. The number of hydrogen-bond donors (Lipinski definition) is 1. The molecule has 2 unspecified atom stereocenters. The molecule has 1 heterocycles. The number of H-pyrrole nitrogens is 1. The Kier molecular flexibility index (Phi) is 4.49. The van der Waals surface area contributed by atoms with Gasteiger partial charge in [0.1, 0.15) is 16.1 Å². The average molecular weight is 401 g/mol. The Morgan fingerprint density at radius 2 is 1.85 bits per heavy atom. The molecule has 0 amide bonds. The lowest BCUT2D eigenvalue weighted by Gasteiger charge is -2.06. The normalized spacial score (nSPS) is 20.3. The maximum absolute atomic E-state index is 12.5. The third-order valence-electron chi connectivity index (χ3n) is 5.21. The lowest BCUT2D eigenvalue weighted by molar-refractivity contribution is -0.136. The van der Waals surface area contributed by atoms with Crippen molar-refractivity contribution in [2.24, 2.45) is 17.3 Å². The topological polar surface area (TPSA) is 55.0 Å². The van der Waals surface area contributed by atoms with Crippen LogP contribution in [0.15, 0.2) is 59.1 Å². The molecule has 27 heavy (non-hydrogen) atoms. The fraction of sp³-hybridized carbons (Fsp3) is 0.238. The zero-order valence-corrected chi connectivity index (χ0v) is 16.4. The van der Waals surface area contributed by atoms with E-state index >= 15 is 0 Å². The van der Waals surface area contributed by atoms with Crippen LogP contribution in [0.3, 0.4) is 0 Å². The molecule has 0 saturated heterocycles. The first-order valence-electron chi connectivity index (χ1n) is 8.66. The van der Waals surface area contributed by atoms with E-state index in [1.54, 1.807) is 18.2 Å². The first kappa shape index (κ1) is 18.1. The molecule has 1 saturated carbocycles. The molecule has 0 radical (unpaired) electrons.